The number of aromatic hydroxyl groups is 8. The molecule has 0 aliphatic heterocycles. The molecule has 1 aliphatic carbocycles. The molecule has 0 saturated heterocycles. The molecule has 0 atom stereocenters. The summed E-state index contributed by atoms with van der Waals surface area (Å²) in [6.45, 7) is 4.40. The van der Waals surface area contributed by atoms with Crippen molar-refractivity contribution in [3.05, 3.63) is 120 Å². The van der Waals surface area contributed by atoms with Crippen molar-refractivity contribution in [1.29, 1.82) is 0 Å². The molecular formula is C47H32O9. The van der Waals surface area contributed by atoms with Crippen molar-refractivity contribution in [3.8, 4) is 90.5 Å². The number of benzene rings is 8. The van der Waals surface area contributed by atoms with E-state index in [4.69, 9.17) is 4.42 Å². The van der Waals surface area contributed by atoms with E-state index in [0.717, 1.165) is 16.5 Å². The number of phenolic OH excluding ortho intramolecular Hbond substituents is 8. The zero-order chi connectivity index (χ0) is 38.9. The van der Waals surface area contributed by atoms with E-state index in [2.05, 4.69) is 38.1 Å². The Morgan fingerprint density at radius 3 is 1.46 bits per heavy atom. The fraction of sp³-hybridized carbons (Fsp3) is 0.0638. The number of hydrogen-bond donors (Lipinski definition) is 8. The predicted molar refractivity (Wildman–Crippen MR) is 216 cm³/mol. The molecular weight excluding hydrogens is 709 g/mol. The van der Waals surface area contributed by atoms with Crippen LogP contribution >= 0.6 is 0 Å². The van der Waals surface area contributed by atoms with E-state index in [0.29, 0.717) is 27.7 Å². The molecule has 1 aliphatic rings. The third-order valence-corrected chi connectivity index (χ3v) is 11.5. The van der Waals surface area contributed by atoms with E-state index in [1.54, 1.807) is 36.4 Å². The maximum Gasteiger partial charge on any atom is 0.204 e. The molecule has 8 aromatic carbocycles. The summed E-state index contributed by atoms with van der Waals surface area (Å²) < 4.78 is 6.01. The quantitative estimate of drug-likeness (QED) is 0.0498. The second-order valence-corrected chi connectivity index (χ2v) is 14.9. The summed E-state index contributed by atoms with van der Waals surface area (Å²) in [6.07, 6.45) is 0. The number of hydrogen-bond acceptors (Lipinski definition) is 9. The number of rotatable bonds is 3. The first-order valence-corrected chi connectivity index (χ1v) is 17.9. The van der Waals surface area contributed by atoms with Crippen molar-refractivity contribution in [2.24, 2.45) is 0 Å². The Morgan fingerprint density at radius 1 is 0.375 bits per heavy atom. The van der Waals surface area contributed by atoms with Crippen LogP contribution in [0.5, 0.6) is 46.0 Å². The summed E-state index contributed by atoms with van der Waals surface area (Å²) in [5, 5.41) is 90.9. The Hall–Kier alpha value is -7.52. The lowest BCUT2D eigenvalue weighted by Crippen LogP contribution is -2.14. The first-order chi connectivity index (χ1) is 26.9. The van der Waals surface area contributed by atoms with Crippen molar-refractivity contribution in [1.82, 2.24) is 0 Å². The summed E-state index contributed by atoms with van der Waals surface area (Å²) in [4.78, 5) is 0. The summed E-state index contributed by atoms with van der Waals surface area (Å²) in [5.74, 6) is -7.45. The van der Waals surface area contributed by atoms with Crippen LogP contribution in [0.1, 0.15) is 25.0 Å². The average molecular weight is 741 g/mol. The van der Waals surface area contributed by atoms with Gasteiger partial charge in [-0.15, -0.1) is 0 Å². The zero-order valence-corrected chi connectivity index (χ0v) is 29.9. The van der Waals surface area contributed by atoms with Crippen molar-refractivity contribution in [2.45, 2.75) is 19.3 Å². The van der Waals surface area contributed by atoms with E-state index in [-0.39, 0.29) is 38.1 Å². The molecule has 0 spiro atoms. The van der Waals surface area contributed by atoms with Crippen LogP contribution < -0.4 is 0 Å². The van der Waals surface area contributed by atoms with Gasteiger partial charge in [0.2, 0.25) is 23.0 Å². The van der Waals surface area contributed by atoms with E-state index in [1.165, 1.54) is 22.3 Å². The van der Waals surface area contributed by atoms with Crippen LogP contribution in [0, 0.1) is 0 Å². The molecule has 1 aromatic heterocycles. The fourth-order valence-corrected chi connectivity index (χ4v) is 8.79. The molecule has 56 heavy (non-hydrogen) atoms. The van der Waals surface area contributed by atoms with E-state index < -0.39 is 46.0 Å². The summed E-state index contributed by atoms with van der Waals surface area (Å²) in [6, 6.07) is 34.1. The highest BCUT2D eigenvalue weighted by molar-refractivity contribution is 6.29. The van der Waals surface area contributed by atoms with Gasteiger partial charge in [0.05, 0.1) is 0 Å². The number of fused-ring (bicyclic) bond motifs is 8. The Balaban J connectivity index is 1.26. The number of furan rings is 1. The monoisotopic (exact) mass is 740 g/mol. The van der Waals surface area contributed by atoms with Gasteiger partial charge in [0.1, 0.15) is 11.2 Å². The number of para-hydroxylation sites is 1. The molecule has 9 aromatic rings. The zero-order valence-electron chi connectivity index (χ0n) is 29.9. The first kappa shape index (κ1) is 33.1. The van der Waals surface area contributed by atoms with Crippen LogP contribution in [-0.2, 0) is 5.41 Å². The SMILES string of the molecule is CC1(C)c2ccccc2-c2ccc(-c3ccc(-c4c5c(O)c(O)c(O)c(O)c5c(-c5ccc6oc7ccccc7c6c5)c5c(O)c(O)c(O)c(O)c45)cc3)cc21. The Morgan fingerprint density at radius 2 is 0.839 bits per heavy atom. The van der Waals surface area contributed by atoms with Crippen molar-refractivity contribution >= 4 is 43.5 Å². The molecule has 0 bridgehead atoms. The van der Waals surface area contributed by atoms with Gasteiger partial charge in [0, 0.05) is 48.9 Å². The molecule has 0 saturated carbocycles. The second kappa shape index (κ2) is 11.3. The molecule has 9 heteroatoms. The molecule has 274 valence electrons. The van der Waals surface area contributed by atoms with E-state index in [9.17, 15) is 40.9 Å². The average Bonchev–Trinajstić information content (AvgIpc) is 3.70. The largest absolute Gasteiger partial charge is 0.504 e. The second-order valence-electron chi connectivity index (χ2n) is 14.9. The predicted octanol–water partition coefficient (Wildman–Crippen LogP) is 10.8. The normalized spacial score (nSPS) is 13.2. The third-order valence-electron chi connectivity index (χ3n) is 11.5. The molecule has 0 amide bonds. The maximum atomic E-state index is 11.7. The standard InChI is InChI=1S/C47H32O9/c1-47(2)29-9-5-3-7-25(29)26-17-15-23(20-30(26)47)21-11-13-22(14-12-21)33-35-37(41(50)45(54)43(52)39(35)48)34(38-36(33)40(49)44(53)46(55)42(38)51)24-16-18-32-28(19-24)27-8-4-6-10-31(27)56-32/h3-20,48-55H,1-2H3. The third kappa shape index (κ3) is 4.25. The molecule has 8 N–H and O–H groups in total. The molecule has 0 fully saturated rings. The van der Waals surface area contributed by atoms with Gasteiger partial charge in [-0.3, -0.25) is 0 Å². The van der Waals surface area contributed by atoms with Crippen LogP contribution in [-0.4, -0.2) is 40.9 Å². The van der Waals surface area contributed by atoms with Crippen LogP contribution in [0.4, 0.5) is 0 Å². The van der Waals surface area contributed by atoms with Crippen molar-refractivity contribution in [3.63, 3.8) is 0 Å². The highest BCUT2D eigenvalue weighted by Gasteiger charge is 2.36. The molecule has 1 heterocycles. The highest BCUT2D eigenvalue weighted by Crippen LogP contribution is 2.62. The van der Waals surface area contributed by atoms with Gasteiger partial charge in [-0.2, -0.15) is 0 Å². The smallest absolute Gasteiger partial charge is 0.204 e. The van der Waals surface area contributed by atoms with Gasteiger partial charge in [-0.25, -0.2) is 0 Å². The van der Waals surface area contributed by atoms with Gasteiger partial charge in [-0.05, 0) is 68.8 Å². The minimum Gasteiger partial charge on any atom is -0.504 e. The molecule has 9 nitrogen and oxygen atoms in total. The summed E-state index contributed by atoms with van der Waals surface area (Å²) in [7, 11) is 0. The molecule has 10 rings (SSSR count). The van der Waals surface area contributed by atoms with Gasteiger partial charge < -0.3 is 45.3 Å². The summed E-state index contributed by atoms with van der Waals surface area (Å²) >= 11 is 0. The Labute approximate surface area is 318 Å². The lowest BCUT2D eigenvalue weighted by molar-refractivity contribution is 0.350. The lowest BCUT2D eigenvalue weighted by Gasteiger charge is -2.23. The van der Waals surface area contributed by atoms with Gasteiger partial charge in [-0.1, -0.05) is 98.8 Å². The molecule has 0 unspecified atom stereocenters. The van der Waals surface area contributed by atoms with Crippen LogP contribution in [0.2, 0.25) is 0 Å². The first-order valence-electron chi connectivity index (χ1n) is 17.9. The lowest BCUT2D eigenvalue weighted by atomic mass is 9.81. The van der Waals surface area contributed by atoms with Crippen molar-refractivity contribution < 1.29 is 45.3 Å². The van der Waals surface area contributed by atoms with Gasteiger partial charge in [0.15, 0.2) is 23.0 Å². The minimum absolute atomic E-state index is 0.0168. The van der Waals surface area contributed by atoms with Crippen LogP contribution in [0.3, 0.4) is 0 Å². The van der Waals surface area contributed by atoms with Gasteiger partial charge >= 0.3 is 0 Å². The maximum absolute atomic E-state index is 11.7. The van der Waals surface area contributed by atoms with Crippen LogP contribution in [0.15, 0.2) is 114 Å². The van der Waals surface area contributed by atoms with E-state index in [1.807, 2.05) is 48.5 Å². The Bertz CT molecular complexity index is 3110. The number of phenols is 8. The van der Waals surface area contributed by atoms with Crippen LogP contribution in [0.25, 0.3) is 88.0 Å². The fourth-order valence-electron chi connectivity index (χ4n) is 8.79. The van der Waals surface area contributed by atoms with Crippen molar-refractivity contribution in [2.75, 3.05) is 0 Å². The molecule has 0 radical (unpaired) electrons. The minimum atomic E-state index is -1.03. The topological polar surface area (TPSA) is 175 Å². The summed E-state index contributed by atoms with van der Waals surface area (Å²) in [5.41, 5.74) is 8.07. The Kier molecular flexibility index (Phi) is 6.65. The van der Waals surface area contributed by atoms with Gasteiger partial charge in [0.25, 0.3) is 0 Å². The van der Waals surface area contributed by atoms with E-state index >= 15 is 0 Å². The highest BCUT2D eigenvalue weighted by atomic mass is 16.4.